The van der Waals surface area contributed by atoms with E-state index in [1.54, 1.807) is 0 Å². The first kappa shape index (κ1) is 52.1. The molecule has 56 heavy (non-hydrogen) atoms. The monoisotopic (exact) mass is 818 g/mol. The molecule has 0 spiro atoms. The summed E-state index contributed by atoms with van der Waals surface area (Å²) in [6.45, 7) is 3.21. The maximum atomic E-state index is 12.8. The minimum Gasteiger partial charge on any atom is -0.462 e. The number of carbonyl (C=O) groups excluding carboxylic acids is 2. The third-order valence-electron chi connectivity index (χ3n) is 9.73. The van der Waals surface area contributed by atoms with E-state index >= 15 is 0 Å². The van der Waals surface area contributed by atoms with Gasteiger partial charge in [-0.25, -0.2) is 4.57 Å². The zero-order valence-electron chi connectivity index (χ0n) is 34.2. The predicted octanol–water partition coefficient (Wildman–Crippen LogP) is 7.44. The van der Waals surface area contributed by atoms with Crippen molar-refractivity contribution in [1.29, 1.82) is 0 Å². The number of hydrogen-bond acceptors (Lipinski definition) is 12. The normalized spacial score (nSPS) is 23.2. The van der Waals surface area contributed by atoms with Gasteiger partial charge < -0.3 is 39.9 Å². The van der Waals surface area contributed by atoms with Crippen LogP contribution in [-0.4, -0.2) is 98.3 Å². The van der Waals surface area contributed by atoms with E-state index in [0.717, 1.165) is 70.6 Å². The van der Waals surface area contributed by atoms with E-state index in [1.807, 2.05) is 0 Å². The van der Waals surface area contributed by atoms with Crippen LogP contribution in [0.4, 0.5) is 0 Å². The smallest absolute Gasteiger partial charge is 0.462 e. The maximum Gasteiger partial charge on any atom is 0.472 e. The van der Waals surface area contributed by atoms with Gasteiger partial charge in [-0.2, -0.15) is 0 Å². The predicted molar refractivity (Wildman–Crippen MR) is 216 cm³/mol. The van der Waals surface area contributed by atoms with Gasteiger partial charge in [-0.1, -0.05) is 134 Å². The van der Waals surface area contributed by atoms with Gasteiger partial charge in [0.25, 0.3) is 0 Å². The van der Waals surface area contributed by atoms with Crippen molar-refractivity contribution < 1.29 is 63.1 Å². The highest BCUT2D eigenvalue weighted by molar-refractivity contribution is 7.47. The summed E-state index contributed by atoms with van der Waals surface area (Å²) >= 11 is 0. The van der Waals surface area contributed by atoms with Gasteiger partial charge >= 0.3 is 19.8 Å². The van der Waals surface area contributed by atoms with Crippen LogP contribution in [0.25, 0.3) is 0 Å². The number of hydrogen-bond donors (Lipinski definition) is 6. The minimum absolute atomic E-state index is 0.0928. The average Bonchev–Trinajstić information content (AvgIpc) is 3.18. The van der Waals surface area contributed by atoms with Crippen LogP contribution in [0.3, 0.4) is 0 Å². The molecule has 1 rings (SSSR count). The fourth-order valence-corrected chi connectivity index (χ4v) is 7.21. The summed E-state index contributed by atoms with van der Waals surface area (Å²) in [5, 5.41) is 50.0. The van der Waals surface area contributed by atoms with E-state index in [0.29, 0.717) is 12.8 Å². The summed E-state index contributed by atoms with van der Waals surface area (Å²) in [5.74, 6) is -1.13. The molecule has 1 saturated carbocycles. The second kappa shape index (κ2) is 33.0. The molecule has 326 valence electrons. The van der Waals surface area contributed by atoms with Crippen LogP contribution in [0.5, 0.6) is 0 Å². The van der Waals surface area contributed by atoms with Crippen LogP contribution in [0.15, 0.2) is 36.5 Å². The Hall–Kier alpha value is -1.93. The van der Waals surface area contributed by atoms with E-state index in [4.69, 9.17) is 18.5 Å². The quantitative estimate of drug-likeness (QED) is 0.0162. The summed E-state index contributed by atoms with van der Waals surface area (Å²) in [5.41, 5.74) is 0. The van der Waals surface area contributed by atoms with Crippen molar-refractivity contribution in [2.75, 3.05) is 13.2 Å². The lowest BCUT2D eigenvalue weighted by Gasteiger charge is -2.41. The number of carbonyl (C=O) groups is 2. The fourth-order valence-electron chi connectivity index (χ4n) is 6.23. The first-order valence-electron chi connectivity index (χ1n) is 21.3. The van der Waals surface area contributed by atoms with Crippen LogP contribution in [0, 0.1) is 0 Å². The van der Waals surface area contributed by atoms with Crippen molar-refractivity contribution in [2.24, 2.45) is 0 Å². The molecule has 0 heterocycles. The number of allylic oxidation sites excluding steroid dienone is 6. The lowest BCUT2D eigenvalue weighted by Crippen LogP contribution is -2.64. The van der Waals surface area contributed by atoms with Crippen molar-refractivity contribution in [3.05, 3.63) is 36.5 Å². The summed E-state index contributed by atoms with van der Waals surface area (Å²) < 4.78 is 33.4. The highest BCUT2D eigenvalue weighted by Gasteiger charge is 2.51. The van der Waals surface area contributed by atoms with E-state index in [-0.39, 0.29) is 12.8 Å². The summed E-state index contributed by atoms with van der Waals surface area (Å²) in [7, 11) is -5.11. The Morgan fingerprint density at radius 3 is 1.50 bits per heavy atom. The van der Waals surface area contributed by atoms with Gasteiger partial charge in [0.2, 0.25) is 0 Å². The van der Waals surface area contributed by atoms with Gasteiger partial charge in [-0.05, 0) is 51.4 Å². The molecule has 14 heteroatoms. The second-order valence-electron chi connectivity index (χ2n) is 14.8. The van der Waals surface area contributed by atoms with Gasteiger partial charge in [0.05, 0.1) is 6.61 Å². The van der Waals surface area contributed by atoms with Crippen molar-refractivity contribution in [1.82, 2.24) is 0 Å². The molecule has 1 aliphatic carbocycles. The number of rotatable bonds is 34. The Labute approximate surface area is 336 Å². The molecule has 0 aromatic carbocycles. The van der Waals surface area contributed by atoms with Crippen molar-refractivity contribution in [3.8, 4) is 0 Å². The summed E-state index contributed by atoms with van der Waals surface area (Å²) in [6.07, 6.45) is 22.1. The third kappa shape index (κ3) is 25.4. The highest BCUT2D eigenvalue weighted by Crippen LogP contribution is 2.47. The van der Waals surface area contributed by atoms with Crippen LogP contribution in [0.1, 0.15) is 162 Å². The molecule has 6 unspecified atom stereocenters. The molecule has 6 N–H and O–H groups in total. The summed E-state index contributed by atoms with van der Waals surface area (Å²) in [6, 6.07) is 0. The molecule has 0 radical (unpaired) electrons. The lowest BCUT2D eigenvalue weighted by atomic mass is 9.85. The van der Waals surface area contributed by atoms with Crippen molar-refractivity contribution in [2.45, 2.75) is 204 Å². The number of phosphoric acid groups is 1. The van der Waals surface area contributed by atoms with Gasteiger partial charge in [0, 0.05) is 12.8 Å². The molecule has 0 saturated heterocycles. The van der Waals surface area contributed by atoms with Gasteiger partial charge in [0.1, 0.15) is 43.2 Å². The molecule has 13 nitrogen and oxygen atoms in total. The van der Waals surface area contributed by atoms with Crippen molar-refractivity contribution in [3.63, 3.8) is 0 Å². The molecule has 1 fully saturated rings. The number of ether oxygens (including phenoxy) is 2. The zero-order chi connectivity index (χ0) is 41.4. The van der Waals surface area contributed by atoms with E-state index in [9.17, 15) is 44.6 Å². The topological polar surface area (TPSA) is 210 Å². The van der Waals surface area contributed by atoms with Gasteiger partial charge in [0.15, 0.2) is 6.10 Å². The molecule has 0 aliphatic heterocycles. The number of unbranched alkanes of at least 4 members (excludes halogenated alkanes) is 16. The third-order valence-corrected chi connectivity index (χ3v) is 10.7. The number of phosphoric ester groups is 1. The zero-order valence-corrected chi connectivity index (χ0v) is 35.1. The van der Waals surface area contributed by atoms with E-state index in [2.05, 4.69) is 50.3 Å². The van der Waals surface area contributed by atoms with E-state index < -0.39 is 75.7 Å². The summed E-state index contributed by atoms with van der Waals surface area (Å²) in [4.78, 5) is 35.5. The molecule has 0 amide bonds. The molecule has 8 atom stereocenters. The lowest BCUT2D eigenvalue weighted by molar-refractivity contribution is -0.220. The van der Waals surface area contributed by atoms with Crippen LogP contribution < -0.4 is 0 Å². The second-order valence-corrected chi connectivity index (χ2v) is 16.3. The number of aliphatic hydroxyl groups excluding tert-OH is 5. The molecule has 1 aliphatic rings. The Balaban J connectivity index is 2.49. The molecule has 0 aromatic heterocycles. The fraction of sp³-hybridized carbons (Fsp3) is 0.810. The Morgan fingerprint density at radius 2 is 0.964 bits per heavy atom. The number of esters is 2. The SMILES string of the molecule is CCCCC/C=C/C/C=C/C/C=C/CCCCCCC(=O)OC[C@@H](COP(=O)(O)OC1C(O)C(O)C(O)[C@H](O)C1O)OC(=O)CCCCCCCCCCCC. The van der Waals surface area contributed by atoms with Gasteiger partial charge in [-0.3, -0.25) is 18.6 Å². The first-order valence-corrected chi connectivity index (χ1v) is 22.8. The van der Waals surface area contributed by atoms with Crippen LogP contribution >= 0.6 is 7.82 Å². The highest BCUT2D eigenvalue weighted by atomic mass is 31.2. The molecular formula is C42H75O13P. The van der Waals surface area contributed by atoms with Gasteiger partial charge in [-0.15, -0.1) is 0 Å². The molecule has 0 aromatic rings. The van der Waals surface area contributed by atoms with Crippen molar-refractivity contribution >= 4 is 19.8 Å². The Morgan fingerprint density at radius 1 is 0.554 bits per heavy atom. The largest absolute Gasteiger partial charge is 0.472 e. The van der Waals surface area contributed by atoms with Crippen LogP contribution in [-0.2, 0) is 32.7 Å². The average molecular weight is 819 g/mol. The molecule has 0 bridgehead atoms. The van der Waals surface area contributed by atoms with E-state index in [1.165, 1.54) is 51.4 Å². The standard InChI is InChI=1S/C42H75O13P/c1-3-5-7-9-11-13-15-16-17-18-19-20-21-23-24-26-28-30-35(43)52-32-34(54-36(44)31-29-27-25-22-14-12-10-8-6-4-2)33-53-56(50,51)55-42-40(48)38(46)37(45)39(47)41(42)49/h11,13,16-17,19-20,34,37-42,45-49H,3-10,12,14-15,18,21-33H2,1-2H3,(H,50,51)/b13-11+,17-16+,20-19+/t34-,37?,38-,39?,40?,41?,42?/m0/s1. The Bertz CT molecular complexity index is 1130. The first-order chi connectivity index (χ1) is 26.9. The molecular weight excluding hydrogens is 743 g/mol. The minimum atomic E-state index is -5.11. The number of aliphatic hydroxyl groups is 5. The Kier molecular flexibility index (Phi) is 30.7. The van der Waals surface area contributed by atoms with Crippen LogP contribution in [0.2, 0.25) is 0 Å². The maximum absolute atomic E-state index is 12.8.